The van der Waals surface area contributed by atoms with Crippen molar-refractivity contribution in [2.45, 2.75) is 0 Å². The number of carbonyl (C=O) groups is 1. The number of rotatable bonds is 2. The first-order valence-corrected chi connectivity index (χ1v) is 4.68. The Morgan fingerprint density at radius 1 is 1.40 bits per heavy atom. The highest BCUT2D eigenvalue weighted by Crippen LogP contribution is 2.18. The van der Waals surface area contributed by atoms with E-state index in [1.165, 1.54) is 24.3 Å². The normalized spacial score (nSPS) is 9.40. The molecule has 0 heterocycles. The van der Waals surface area contributed by atoms with Gasteiger partial charge in [-0.05, 0) is 18.2 Å². The summed E-state index contributed by atoms with van der Waals surface area (Å²) in [5.74, 6) is -3.02. The van der Waals surface area contributed by atoms with Crippen molar-refractivity contribution in [2.75, 3.05) is 0 Å². The van der Waals surface area contributed by atoms with Crippen LogP contribution in [0.1, 0.15) is 10.4 Å². The van der Waals surface area contributed by atoms with Gasteiger partial charge in [0.25, 0.3) is 0 Å². The largest absolute Gasteiger partial charge is 0.291 e. The lowest BCUT2D eigenvalue weighted by molar-refractivity contribution is 0.0967. The fourth-order valence-electron chi connectivity index (χ4n) is 0.988. The third kappa shape index (κ3) is 2.39. The minimum absolute atomic E-state index is 0.252. The number of Topliss-reactive ketones (excluding diaryl/α,β-unsaturated/α-hetero) is 1. The number of halogens is 2. The summed E-state index contributed by atoms with van der Waals surface area (Å²) in [6, 6.07) is 6.79. The molecular weight excluding hydrogens is 263 g/mol. The summed E-state index contributed by atoms with van der Waals surface area (Å²) in [4.78, 5) is 11.5. The molecule has 0 saturated heterocycles. The molecule has 0 spiro atoms. The molecule has 0 radical (unpaired) electrons. The van der Waals surface area contributed by atoms with Crippen LogP contribution in [0, 0.1) is 34.4 Å². The Bertz CT molecular complexity index is 473. The van der Waals surface area contributed by atoms with Crippen molar-refractivity contribution >= 4 is 21.7 Å². The molecule has 15 heavy (non-hydrogen) atoms. The maximum atomic E-state index is 13.2. The van der Waals surface area contributed by atoms with E-state index in [0.29, 0.717) is 4.47 Å². The van der Waals surface area contributed by atoms with Crippen molar-refractivity contribution in [3.05, 3.63) is 34.1 Å². The van der Waals surface area contributed by atoms with Gasteiger partial charge in [0.1, 0.15) is 5.82 Å². The quantitative estimate of drug-likeness (QED) is 0.773. The van der Waals surface area contributed by atoms with Crippen LogP contribution in [0.25, 0.3) is 0 Å². The zero-order valence-electron chi connectivity index (χ0n) is 7.37. The van der Waals surface area contributed by atoms with E-state index in [1.807, 2.05) is 0 Å². The van der Waals surface area contributed by atoms with Crippen molar-refractivity contribution in [2.24, 2.45) is 5.92 Å². The molecule has 0 aliphatic rings. The van der Waals surface area contributed by atoms with Gasteiger partial charge < -0.3 is 0 Å². The first kappa shape index (κ1) is 11.4. The molecule has 0 aromatic heterocycles. The van der Waals surface area contributed by atoms with Crippen LogP contribution in [0.5, 0.6) is 0 Å². The molecule has 1 aromatic rings. The first-order chi connectivity index (χ1) is 7.10. The van der Waals surface area contributed by atoms with Gasteiger partial charge in [-0.15, -0.1) is 0 Å². The zero-order chi connectivity index (χ0) is 11.4. The second-order valence-corrected chi connectivity index (χ2v) is 3.60. The van der Waals surface area contributed by atoms with E-state index < -0.39 is 17.5 Å². The van der Waals surface area contributed by atoms with Crippen LogP contribution in [-0.2, 0) is 0 Å². The Balaban J connectivity index is 3.18. The van der Waals surface area contributed by atoms with Crippen LogP contribution in [-0.4, -0.2) is 5.78 Å². The number of benzene rings is 1. The van der Waals surface area contributed by atoms with Gasteiger partial charge >= 0.3 is 0 Å². The summed E-state index contributed by atoms with van der Waals surface area (Å²) >= 11 is 3.07. The molecule has 3 nitrogen and oxygen atoms in total. The summed E-state index contributed by atoms with van der Waals surface area (Å²) in [7, 11) is 0. The number of hydrogen-bond donors (Lipinski definition) is 0. The molecule has 74 valence electrons. The summed E-state index contributed by atoms with van der Waals surface area (Å²) in [5.41, 5.74) is -0.252. The summed E-state index contributed by atoms with van der Waals surface area (Å²) < 4.78 is 13.7. The lowest BCUT2D eigenvalue weighted by Gasteiger charge is -2.02. The molecule has 0 atom stereocenters. The monoisotopic (exact) mass is 266 g/mol. The van der Waals surface area contributed by atoms with Gasteiger partial charge in [-0.3, -0.25) is 4.79 Å². The predicted octanol–water partition coefficient (Wildman–Crippen LogP) is 2.43. The topological polar surface area (TPSA) is 64.7 Å². The number of carbonyl (C=O) groups excluding carboxylic acids is 1. The molecule has 0 amide bonds. The van der Waals surface area contributed by atoms with E-state index in [4.69, 9.17) is 10.5 Å². The molecular formula is C10H4BrFN2O. The summed E-state index contributed by atoms with van der Waals surface area (Å²) in [6.07, 6.45) is 0. The number of ketones is 1. The second kappa shape index (κ2) is 4.68. The fraction of sp³-hybridized carbons (Fsp3) is 0.100. The SMILES string of the molecule is N#CC(C#N)C(=O)c1cc(Br)ccc1F. The van der Waals surface area contributed by atoms with Crippen LogP contribution in [0.15, 0.2) is 22.7 Å². The maximum absolute atomic E-state index is 13.2. The van der Waals surface area contributed by atoms with Gasteiger partial charge in [-0.2, -0.15) is 10.5 Å². The van der Waals surface area contributed by atoms with E-state index in [9.17, 15) is 9.18 Å². The molecule has 0 N–H and O–H groups in total. The van der Waals surface area contributed by atoms with Gasteiger partial charge in [0.2, 0.25) is 0 Å². The Kier molecular flexibility index (Phi) is 3.54. The van der Waals surface area contributed by atoms with Crippen molar-refractivity contribution in [1.82, 2.24) is 0 Å². The highest BCUT2D eigenvalue weighted by Gasteiger charge is 2.22. The Morgan fingerprint density at radius 3 is 2.53 bits per heavy atom. The van der Waals surface area contributed by atoms with Gasteiger partial charge in [0.05, 0.1) is 17.7 Å². The number of nitriles is 2. The molecule has 0 aliphatic heterocycles. The Hall–Kier alpha value is -1.72. The summed E-state index contributed by atoms with van der Waals surface area (Å²) in [5, 5.41) is 17.0. The van der Waals surface area contributed by atoms with Crippen LogP contribution < -0.4 is 0 Å². The molecule has 0 bridgehead atoms. The van der Waals surface area contributed by atoms with E-state index in [0.717, 1.165) is 6.07 Å². The molecule has 1 rings (SSSR count). The van der Waals surface area contributed by atoms with Crippen LogP contribution in [0.4, 0.5) is 4.39 Å². The van der Waals surface area contributed by atoms with Crippen molar-refractivity contribution in [1.29, 1.82) is 10.5 Å². The highest BCUT2D eigenvalue weighted by molar-refractivity contribution is 9.10. The third-order valence-corrected chi connectivity index (χ3v) is 2.21. The Morgan fingerprint density at radius 2 is 2.00 bits per heavy atom. The van der Waals surface area contributed by atoms with E-state index in [-0.39, 0.29) is 5.56 Å². The third-order valence-electron chi connectivity index (χ3n) is 1.71. The van der Waals surface area contributed by atoms with E-state index in [1.54, 1.807) is 0 Å². The van der Waals surface area contributed by atoms with Crippen LogP contribution >= 0.6 is 15.9 Å². The molecule has 5 heteroatoms. The van der Waals surface area contributed by atoms with Crippen LogP contribution in [0.2, 0.25) is 0 Å². The van der Waals surface area contributed by atoms with Crippen molar-refractivity contribution in [3.63, 3.8) is 0 Å². The standard InChI is InChI=1S/C10H4BrFN2O/c11-7-1-2-9(12)8(3-7)10(15)6(4-13)5-14/h1-3,6H. The average Bonchev–Trinajstić information content (AvgIpc) is 2.23. The van der Waals surface area contributed by atoms with Gasteiger partial charge in [0, 0.05) is 4.47 Å². The van der Waals surface area contributed by atoms with Gasteiger partial charge in [-0.1, -0.05) is 15.9 Å². The van der Waals surface area contributed by atoms with E-state index in [2.05, 4.69) is 15.9 Å². The Labute approximate surface area is 93.9 Å². The van der Waals surface area contributed by atoms with E-state index >= 15 is 0 Å². The lowest BCUT2D eigenvalue weighted by Crippen LogP contribution is -2.12. The van der Waals surface area contributed by atoms with Crippen LogP contribution in [0.3, 0.4) is 0 Å². The minimum Gasteiger partial charge on any atom is -0.291 e. The molecule has 0 saturated carbocycles. The number of hydrogen-bond acceptors (Lipinski definition) is 3. The maximum Gasteiger partial charge on any atom is 0.197 e. The molecule has 0 aliphatic carbocycles. The lowest BCUT2D eigenvalue weighted by atomic mass is 10.00. The first-order valence-electron chi connectivity index (χ1n) is 3.88. The summed E-state index contributed by atoms with van der Waals surface area (Å²) in [6.45, 7) is 0. The van der Waals surface area contributed by atoms with Crippen molar-refractivity contribution in [3.8, 4) is 12.1 Å². The smallest absolute Gasteiger partial charge is 0.197 e. The molecule has 0 unspecified atom stereocenters. The predicted molar refractivity (Wildman–Crippen MR) is 53.1 cm³/mol. The highest BCUT2D eigenvalue weighted by atomic mass is 79.9. The van der Waals surface area contributed by atoms with Crippen molar-refractivity contribution < 1.29 is 9.18 Å². The fourth-order valence-corrected chi connectivity index (χ4v) is 1.35. The molecule has 0 fully saturated rings. The number of nitrogens with zero attached hydrogens (tertiary/aromatic N) is 2. The van der Waals surface area contributed by atoms with Gasteiger partial charge in [0.15, 0.2) is 11.7 Å². The zero-order valence-corrected chi connectivity index (χ0v) is 8.95. The minimum atomic E-state index is -1.46. The van der Waals surface area contributed by atoms with Gasteiger partial charge in [-0.25, -0.2) is 4.39 Å². The second-order valence-electron chi connectivity index (χ2n) is 2.68. The molecule has 1 aromatic carbocycles. The average molecular weight is 267 g/mol.